The Morgan fingerprint density at radius 2 is 1.58 bits per heavy atom. The van der Waals surface area contributed by atoms with E-state index in [1.807, 2.05) is 0 Å². The number of carbonyl (C=O) groups is 2. The van der Waals surface area contributed by atoms with Crippen molar-refractivity contribution in [3.05, 3.63) is 85.0 Å². The molecule has 1 aromatic rings. The van der Waals surface area contributed by atoms with Crippen LogP contribution in [-0.4, -0.2) is 30.1 Å². The van der Waals surface area contributed by atoms with E-state index in [-0.39, 0.29) is 39.2 Å². The first-order valence-electron chi connectivity index (χ1n) is 11.7. The molecule has 2 aliphatic rings. The molecule has 0 fully saturated rings. The van der Waals surface area contributed by atoms with Gasteiger partial charge in [-0.05, 0) is 40.2 Å². The molecule has 0 saturated carbocycles. The van der Waals surface area contributed by atoms with E-state index in [4.69, 9.17) is 9.47 Å². The van der Waals surface area contributed by atoms with E-state index in [0.29, 0.717) is 17.1 Å². The Kier molecular flexibility index (Phi) is 8.02. The highest BCUT2D eigenvalue weighted by Crippen LogP contribution is 2.45. The minimum absolute atomic E-state index is 0.0516. The molecule has 11 heteroatoms. The van der Waals surface area contributed by atoms with Crippen molar-refractivity contribution in [2.45, 2.75) is 46.6 Å². The summed E-state index contributed by atoms with van der Waals surface area (Å²) < 4.78 is 10.6. The second kappa shape index (κ2) is 11.0. The van der Waals surface area contributed by atoms with E-state index in [1.54, 1.807) is 40.7 Å². The van der Waals surface area contributed by atoms with Gasteiger partial charge in [-0.25, -0.2) is 9.59 Å². The summed E-state index contributed by atoms with van der Waals surface area (Å²) in [5, 5.41) is 37.7. The minimum atomic E-state index is -1.15. The van der Waals surface area contributed by atoms with Gasteiger partial charge in [-0.1, -0.05) is 12.1 Å². The van der Waals surface area contributed by atoms with Crippen LogP contribution in [0.25, 0.3) is 0 Å². The quantitative estimate of drug-likeness (QED) is 0.322. The number of rotatable bonds is 6. The molecule has 2 heterocycles. The maximum absolute atomic E-state index is 13.4. The second-order valence-corrected chi connectivity index (χ2v) is 9.08. The SMILES string of the molecule is COC(=O)C1=C(C2C(C#N)=C(C)NC(C)=C2C#N)NC(C)=C(C(=O)OC(C)C)C1c1cccc([N+](=O)[O-])c1. The van der Waals surface area contributed by atoms with Crippen LogP contribution in [0.5, 0.6) is 0 Å². The number of non-ortho nitro benzene ring substituents is 1. The van der Waals surface area contributed by atoms with Crippen LogP contribution in [0.3, 0.4) is 0 Å². The lowest BCUT2D eigenvalue weighted by Crippen LogP contribution is -2.38. The molecule has 196 valence electrons. The number of methoxy groups -OCH3 is 1. The fourth-order valence-electron chi connectivity index (χ4n) is 4.70. The third kappa shape index (κ3) is 5.00. The van der Waals surface area contributed by atoms with Gasteiger partial charge < -0.3 is 20.1 Å². The molecule has 1 atom stereocenters. The lowest BCUT2D eigenvalue weighted by atomic mass is 9.74. The van der Waals surface area contributed by atoms with Crippen molar-refractivity contribution in [3.63, 3.8) is 0 Å². The highest BCUT2D eigenvalue weighted by Gasteiger charge is 2.44. The maximum Gasteiger partial charge on any atom is 0.337 e. The maximum atomic E-state index is 13.4. The van der Waals surface area contributed by atoms with Gasteiger partial charge in [0.1, 0.15) is 0 Å². The molecule has 38 heavy (non-hydrogen) atoms. The molecule has 0 saturated heterocycles. The number of hydrogen-bond acceptors (Lipinski definition) is 10. The molecule has 0 amide bonds. The summed E-state index contributed by atoms with van der Waals surface area (Å²) in [5.41, 5.74) is 1.84. The summed E-state index contributed by atoms with van der Waals surface area (Å²) in [6, 6.07) is 9.82. The molecular weight excluding hydrogens is 490 g/mol. The Hall–Kier alpha value is -4.90. The van der Waals surface area contributed by atoms with Crippen molar-refractivity contribution in [2.24, 2.45) is 5.92 Å². The summed E-state index contributed by atoms with van der Waals surface area (Å²) >= 11 is 0. The summed E-state index contributed by atoms with van der Waals surface area (Å²) in [5.74, 6) is -3.71. The number of dihydropyridines is 2. The van der Waals surface area contributed by atoms with Gasteiger partial charge in [-0.3, -0.25) is 10.1 Å². The standard InChI is InChI=1S/C27H27N5O6/c1-13(2)38-27(34)21-16(5)31-25(23-19(11-28)14(3)30-15(4)20(23)12-29)24(26(33)37-6)22(21)17-8-7-9-18(10-17)32(35)36/h7-10,13,22-23,30-31H,1-6H3. The molecule has 0 aromatic heterocycles. The minimum Gasteiger partial charge on any atom is -0.466 e. The molecule has 0 radical (unpaired) electrons. The number of nitrogens with zero attached hydrogens (tertiary/aromatic N) is 3. The number of nitro benzene ring substituents is 1. The molecule has 1 aromatic carbocycles. The predicted octanol–water partition coefficient (Wildman–Crippen LogP) is 3.75. The fourth-order valence-corrected chi connectivity index (χ4v) is 4.70. The lowest BCUT2D eigenvalue weighted by Gasteiger charge is -2.36. The van der Waals surface area contributed by atoms with Gasteiger partial charge >= 0.3 is 11.9 Å². The van der Waals surface area contributed by atoms with Crippen LogP contribution in [0, 0.1) is 38.7 Å². The zero-order chi connectivity index (χ0) is 28.3. The average Bonchev–Trinajstić information content (AvgIpc) is 2.86. The van der Waals surface area contributed by atoms with Crippen LogP contribution in [0.2, 0.25) is 0 Å². The van der Waals surface area contributed by atoms with Crippen molar-refractivity contribution in [1.82, 2.24) is 10.6 Å². The first-order valence-corrected chi connectivity index (χ1v) is 11.7. The topological polar surface area (TPSA) is 167 Å². The Balaban J connectivity index is 2.45. The van der Waals surface area contributed by atoms with Crippen LogP contribution in [0.4, 0.5) is 5.69 Å². The average molecular weight is 518 g/mol. The van der Waals surface area contributed by atoms with Gasteiger partial charge in [0.05, 0.1) is 64.4 Å². The monoisotopic (exact) mass is 517 g/mol. The normalized spacial score (nSPS) is 18.0. The number of ether oxygens (including phenoxy) is 2. The Morgan fingerprint density at radius 1 is 0.974 bits per heavy atom. The van der Waals surface area contributed by atoms with Crippen LogP contribution in [0.15, 0.2) is 69.3 Å². The van der Waals surface area contributed by atoms with Gasteiger partial charge in [0, 0.05) is 34.9 Å². The Bertz CT molecular complexity index is 1400. The number of esters is 2. The molecule has 1 unspecified atom stereocenters. The van der Waals surface area contributed by atoms with E-state index < -0.39 is 34.8 Å². The Labute approximate surface area is 219 Å². The largest absolute Gasteiger partial charge is 0.466 e. The van der Waals surface area contributed by atoms with Crippen molar-refractivity contribution < 1.29 is 24.0 Å². The zero-order valence-corrected chi connectivity index (χ0v) is 21.8. The first-order chi connectivity index (χ1) is 18.0. The van der Waals surface area contributed by atoms with Crippen LogP contribution >= 0.6 is 0 Å². The van der Waals surface area contributed by atoms with E-state index in [0.717, 1.165) is 7.11 Å². The number of allylic oxidation sites excluding steroid dienone is 4. The van der Waals surface area contributed by atoms with Gasteiger partial charge in [0.15, 0.2) is 0 Å². The number of nitrogens with one attached hydrogen (secondary N) is 2. The smallest absolute Gasteiger partial charge is 0.337 e. The Morgan fingerprint density at radius 3 is 2.08 bits per heavy atom. The highest BCUT2D eigenvalue weighted by atomic mass is 16.6. The van der Waals surface area contributed by atoms with Crippen molar-refractivity contribution in [2.75, 3.05) is 7.11 Å². The van der Waals surface area contributed by atoms with Gasteiger partial charge in [0.25, 0.3) is 5.69 Å². The summed E-state index contributed by atoms with van der Waals surface area (Å²) in [6.45, 7) is 8.29. The van der Waals surface area contributed by atoms with Crippen molar-refractivity contribution in [1.29, 1.82) is 10.5 Å². The summed E-state index contributed by atoms with van der Waals surface area (Å²) in [6.07, 6.45) is -0.489. The molecule has 0 bridgehead atoms. The molecule has 2 N–H and O–H groups in total. The highest BCUT2D eigenvalue weighted by molar-refractivity contribution is 6.00. The molecular formula is C27H27N5O6. The molecule has 11 nitrogen and oxygen atoms in total. The molecule has 2 aliphatic heterocycles. The summed E-state index contributed by atoms with van der Waals surface area (Å²) in [7, 11) is 1.16. The lowest BCUT2D eigenvalue weighted by molar-refractivity contribution is -0.384. The number of benzene rings is 1. The fraction of sp³-hybridized carbons (Fsp3) is 0.333. The molecule has 3 rings (SSSR count). The van der Waals surface area contributed by atoms with Gasteiger partial charge in [0.2, 0.25) is 0 Å². The van der Waals surface area contributed by atoms with E-state index >= 15 is 0 Å². The zero-order valence-electron chi connectivity index (χ0n) is 21.8. The number of hydrogen-bond donors (Lipinski definition) is 2. The second-order valence-electron chi connectivity index (χ2n) is 9.08. The molecule has 0 spiro atoms. The molecule has 0 aliphatic carbocycles. The van der Waals surface area contributed by atoms with E-state index in [1.165, 1.54) is 18.2 Å². The van der Waals surface area contributed by atoms with Crippen molar-refractivity contribution >= 4 is 17.6 Å². The predicted molar refractivity (Wildman–Crippen MR) is 135 cm³/mol. The number of carbonyl (C=O) groups excluding carboxylic acids is 2. The van der Waals surface area contributed by atoms with Crippen LogP contribution in [-0.2, 0) is 19.1 Å². The third-order valence-corrected chi connectivity index (χ3v) is 6.27. The van der Waals surface area contributed by atoms with E-state index in [2.05, 4.69) is 22.8 Å². The summed E-state index contributed by atoms with van der Waals surface area (Å²) in [4.78, 5) is 37.8. The first kappa shape index (κ1) is 27.7. The van der Waals surface area contributed by atoms with Gasteiger partial charge in [-0.2, -0.15) is 10.5 Å². The number of nitriles is 2. The van der Waals surface area contributed by atoms with Gasteiger partial charge in [-0.15, -0.1) is 0 Å². The number of nitro groups is 1. The van der Waals surface area contributed by atoms with Crippen LogP contribution < -0.4 is 10.6 Å². The van der Waals surface area contributed by atoms with E-state index in [9.17, 15) is 30.2 Å². The van der Waals surface area contributed by atoms with Crippen molar-refractivity contribution in [3.8, 4) is 12.1 Å². The van der Waals surface area contributed by atoms with Crippen LogP contribution in [0.1, 0.15) is 46.1 Å². The third-order valence-electron chi connectivity index (χ3n) is 6.27.